The molecule has 0 saturated carbocycles. The van der Waals surface area contributed by atoms with Crippen LogP contribution < -0.4 is 5.32 Å². The van der Waals surface area contributed by atoms with Gasteiger partial charge in [-0.05, 0) is 12.5 Å². The zero-order valence-corrected chi connectivity index (χ0v) is 9.50. The van der Waals surface area contributed by atoms with Gasteiger partial charge >= 0.3 is 0 Å². The molecule has 0 bridgehead atoms. The van der Waals surface area contributed by atoms with Crippen molar-refractivity contribution in [3.63, 3.8) is 0 Å². The van der Waals surface area contributed by atoms with Gasteiger partial charge in [-0.2, -0.15) is 0 Å². The van der Waals surface area contributed by atoms with E-state index in [0.717, 1.165) is 5.56 Å². The average Bonchev–Trinajstić information content (AvgIpc) is 2.17. The molecule has 1 heterocycles. The summed E-state index contributed by atoms with van der Waals surface area (Å²) in [5.74, 6) is 0.229. The molecule has 82 valence electrons. The summed E-state index contributed by atoms with van der Waals surface area (Å²) >= 11 is 0. The third-order valence-electron chi connectivity index (χ3n) is 2.74. The maximum Gasteiger partial charge on any atom is 0.160 e. The van der Waals surface area contributed by atoms with Crippen LogP contribution in [0.1, 0.15) is 17.7 Å². The van der Waals surface area contributed by atoms with Gasteiger partial charge in [-0.3, -0.25) is 0 Å². The molecule has 0 amide bonds. The largest absolute Gasteiger partial charge is 0.312 e. The molecule has 1 N–H and O–H groups in total. The highest BCUT2D eigenvalue weighted by Crippen LogP contribution is 2.25. The maximum absolute atomic E-state index is 12.0. The van der Waals surface area contributed by atoms with Crippen LogP contribution in [0.25, 0.3) is 0 Å². The van der Waals surface area contributed by atoms with E-state index in [1.54, 1.807) is 0 Å². The molecule has 1 aliphatic heterocycles. The maximum atomic E-state index is 12.0. The zero-order valence-electron chi connectivity index (χ0n) is 8.68. The van der Waals surface area contributed by atoms with E-state index in [1.807, 2.05) is 37.3 Å². The molecule has 1 aromatic rings. The first-order chi connectivity index (χ1) is 7.09. The van der Waals surface area contributed by atoms with Crippen LogP contribution in [-0.4, -0.2) is 26.8 Å². The summed E-state index contributed by atoms with van der Waals surface area (Å²) < 4.78 is 23.9. The predicted molar refractivity (Wildman–Crippen MR) is 60.4 cm³/mol. The molecule has 4 heteroatoms. The molecular formula is C11H15NO2S. The average molecular weight is 225 g/mol. The van der Waals surface area contributed by atoms with Gasteiger partial charge in [0.2, 0.25) is 0 Å². The number of hydrogen-bond donors (Lipinski definition) is 1. The second kappa shape index (κ2) is 3.94. The lowest BCUT2D eigenvalue weighted by molar-refractivity contribution is 0.506. The highest BCUT2D eigenvalue weighted by molar-refractivity contribution is 7.91. The Morgan fingerprint density at radius 3 is 2.53 bits per heavy atom. The van der Waals surface area contributed by atoms with Crippen molar-refractivity contribution in [2.24, 2.45) is 0 Å². The molecule has 0 radical (unpaired) electrons. The number of benzene rings is 1. The van der Waals surface area contributed by atoms with E-state index in [9.17, 15) is 8.42 Å². The van der Waals surface area contributed by atoms with Gasteiger partial charge < -0.3 is 5.32 Å². The molecule has 0 spiro atoms. The van der Waals surface area contributed by atoms with Crippen LogP contribution in [0.3, 0.4) is 0 Å². The first kappa shape index (κ1) is 10.6. The minimum absolute atomic E-state index is 0.0648. The van der Waals surface area contributed by atoms with E-state index >= 15 is 0 Å². The molecule has 0 aliphatic carbocycles. The molecule has 15 heavy (non-hydrogen) atoms. The third-order valence-corrected chi connectivity index (χ3v) is 5.01. The fraction of sp³-hybridized carbons (Fsp3) is 0.455. The fourth-order valence-corrected chi connectivity index (χ4v) is 3.92. The van der Waals surface area contributed by atoms with Gasteiger partial charge in [-0.15, -0.1) is 0 Å². The lowest BCUT2D eigenvalue weighted by atomic mass is 10.1. The van der Waals surface area contributed by atoms with Crippen LogP contribution >= 0.6 is 0 Å². The van der Waals surface area contributed by atoms with E-state index in [1.165, 1.54) is 0 Å². The summed E-state index contributed by atoms with van der Waals surface area (Å²) in [6.45, 7) is 2.42. The monoisotopic (exact) mass is 225 g/mol. The fourth-order valence-electron chi connectivity index (χ4n) is 1.95. The van der Waals surface area contributed by atoms with Gasteiger partial charge in [-0.1, -0.05) is 30.3 Å². The van der Waals surface area contributed by atoms with Crippen molar-refractivity contribution in [2.75, 3.05) is 12.3 Å². The smallest absolute Gasteiger partial charge is 0.160 e. The van der Waals surface area contributed by atoms with Crippen molar-refractivity contribution in [3.8, 4) is 0 Å². The number of sulfone groups is 1. The Morgan fingerprint density at radius 1 is 1.27 bits per heavy atom. The Kier molecular flexibility index (Phi) is 2.80. The van der Waals surface area contributed by atoms with Crippen LogP contribution in [0.15, 0.2) is 30.3 Å². The summed E-state index contributed by atoms with van der Waals surface area (Å²) in [6.07, 6.45) is 0. The second-order valence-electron chi connectivity index (χ2n) is 4.04. The Balaban J connectivity index is 2.31. The zero-order chi connectivity index (χ0) is 10.9. The molecule has 1 fully saturated rings. The third kappa shape index (κ3) is 2.21. The van der Waals surface area contributed by atoms with E-state index in [-0.39, 0.29) is 17.0 Å². The number of nitrogens with one attached hydrogen (secondary N) is 1. The summed E-state index contributed by atoms with van der Waals surface area (Å²) in [5, 5.41) is 2.83. The lowest BCUT2D eigenvalue weighted by Crippen LogP contribution is -2.44. The Bertz CT molecular complexity index is 427. The Hall–Kier alpha value is -0.870. The molecule has 1 saturated heterocycles. The van der Waals surface area contributed by atoms with Crippen molar-refractivity contribution >= 4 is 9.84 Å². The summed E-state index contributed by atoms with van der Waals surface area (Å²) in [6, 6.07) is 9.47. The summed E-state index contributed by atoms with van der Waals surface area (Å²) in [7, 11) is -2.99. The van der Waals surface area contributed by atoms with Crippen LogP contribution in [0.4, 0.5) is 0 Å². The van der Waals surface area contributed by atoms with E-state index in [4.69, 9.17) is 0 Å². The molecule has 2 rings (SSSR count). The highest BCUT2D eigenvalue weighted by atomic mass is 32.2. The van der Waals surface area contributed by atoms with Crippen molar-refractivity contribution in [1.82, 2.24) is 5.32 Å². The van der Waals surface area contributed by atoms with E-state index < -0.39 is 9.84 Å². The Morgan fingerprint density at radius 2 is 1.93 bits per heavy atom. The normalized spacial score (nSPS) is 29.9. The lowest BCUT2D eigenvalue weighted by Gasteiger charge is -2.28. The van der Waals surface area contributed by atoms with Crippen molar-refractivity contribution < 1.29 is 8.42 Å². The van der Waals surface area contributed by atoms with Crippen LogP contribution in [0.5, 0.6) is 0 Å². The van der Waals surface area contributed by atoms with Crippen molar-refractivity contribution in [2.45, 2.75) is 18.2 Å². The number of rotatable bonds is 1. The SMILES string of the molecule is C[C@@H]1CS(=O)(=O)[C@H](c2ccccc2)CN1. The van der Waals surface area contributed by atoms with Crippen molar-refractivity contribution in [1.29, 1.82) is 0 Å². The van der Waals surface area contributed by atoms with Gasteiger partial charge in [-0.25, -0.2) is 8.42 Å². The highest BCUT2D eigenvalue weighted by Gasteiger charge is 2.32. The number of hydrogen-bond acceptors (Lipinski definition) is 3. The topological polar surface area (TPSA) is 46.2 Å². The molecular weight excluding hydrogens is 210 g/mol. The van der Waals surface area contributed by atoms with Gasteiger partial charge in [0.1, 0.15) is 0 Å². The molecule has 0 aromatic heterocycles. The predicted octanol–water partition coefficient (Wildman–Crippen LogP) is 1.13. The van der Waals surface area contributed by atoms with Crippen LogP contribution in [0.2, 0.25) is 0 Å². The minimum atomic E-state index is -2.99. The quantitative estimate of drug-likeness (QED) is 0.779. The van der Waals surface area contributed by atoms with Crippen molar-refractivity contribution in [3.05, 3.63) is 35.9 Å². The molecule has 1 aliphatic rings. The molecule has 0 unspecified atom stereocenters. The molecule has 2 atom stereocenters. The Labute approximate surface area is 90.4 Å². The van der Waals surface area contributed by atoms with Gasteiger partial charge in [0.05, 0.1) is 11.0 Å². The van der Waals surface area contributed by atoms with E-state index in [0.29, 0.717) is 6.54 Å². The molecule has 3 nitrogen and oxygen atoms in total. The standard InChI is InChI=1S/C11H15NO2S/c1-9-8-15(13,14)11(7-12-9)10-5-3-2-4-6-10/h2-6,9,11-12H,7-8H2,1H3/t9-,11+/m1/s1. The van der Waals surface area contributed by atoms with E-state index in [2.05, 4.69) is 5.32 Å². The van der Waals surface area contributed by atoms with Crippen LogP contribution in [-0.2, 0) is 9.84 Å². The summed E-state index contributed by atoms with van der Waals surface area (Å²) in [4.78, 5) is 0. The van der Waals surface area contributed by atoms with Gasteiger partial charge in [0, 0.05) is 12.6 Å². The molecule has 1 aromatic carbocycles. The second-order valence-corrected chi connectivity index (χ2v) is 6.27. The first-order valence-electron chi connectivity index (χ1n) is 5.09. The van der Waals surface area contributed by atoms with Gasteiger partial charge in [0.15, 0.2) is 9.84 Å². The minimum Gasteiger partial charge on any atom is -0.312 e. The summed E-state index contributed by atoms with van der Waals surface area (Å²) in [5.41, 5.74) is 0.886. The first-order valence-corrected chi connectivity index (χ1v) is 6.81. The van der Waals surface area contributed by atoms with Crippen LogP contribution in [0, 0.1) is 0 Å². The van der Waals surface area contributed by atoms with Gasteiger partial charge in [0.25, 0.3) is 0 Å².